The molecule has 0 atom stereocenters. The van der Waals surface area contributed by atoms with Crippen LogP contribution in [-0.2, 0) is 37.1 Å². The molecule has 8 heteroatoms. The van der Waals surface area contributed by atoms with Gasteiger partial charge in [-0.2, -0.15) is 0 Å². The molecule has 3 aromatic rings. The first-order valence-electron chi connectivity index (χ1n) is 18.4. The van der Waals surface area contributed by atoms with Crippen molar-refractivity contribution in [1.29, 1.82) is 0 Å². The van der Waals surface area contributed by atoms with Crippen molar-refractivity contribution in [2.24, 2.45) is 0 Å². The summed E-state index contributed by atoms with van der Waals surface area (Å²) in [5.41, 5.74) is 10.9. The molecule has 0 spiro atoms. The normalized spacial score (nSPS) is 12.8. The SMILES string of the molecule is Cc1cc(O)c(C(C)(C)C)cc1C(C)(C)C.Cc1cc(O)c(C(C)(C)C)cc1C(C)(C)C.Cc1cc(O)c(C(C)(C)C)cc1C(C)(C)C.O=P(O)(O)O. The number of aryl methyl sites for hydroxylation is 3. The van der Waals surface area contributed by atoms with Gasteiger partial charge in [-0.1, -0.05) is 143 Å². The van der Waals surface area contributed by atoms with Crippen molar-refractivity contribution in [3.05, 3.63) is 86.5 Å². The van der Waals surface area contributed by atoms with Crippen LogP contribution in [0.5, 0.6) is 17.2 Å². The zero-order valence-electron chi connectivity index (χ0n) is 37.0. The minimum Gasteiger partial charge on any atom is -0.508 e. The zero-order valence-corrected chi connectivity index (χ0v) is 37.9. The van der Waals surface area contributed by atoms with Crippen molar-refractivity contribution >= 4 is 7.82 Å². The van der Waals surface area contributed by atoms with Gasteiger partial charge >= 0.3 is 7.82 Å². The number of phenols is 3. The highest BCUT2D eigenvalue weighted by molar-refractivity contribution is 7.45. The number of benzene rings is 3. The summed E-state index contributed by atoms with van der Waals surface area (Å²) in [5.74, 6) is 1.24. The molecule has 6 N–H and O–H groups in total. The first kappa shape index (κ1) is 50.2. The summed E-state index contributed by atoms with van der Waals surface area (Å²) in [6.45, 7) is 45.2. The molecule has 3 aromatic carbocycles. The van der Waals surface area contributed by atoms with Crippen molar-refractivity contribution in [1.82, 2.24) is 0 Å². The molecular formula is C45H75O7P. The Morgan fingerprint density at radius 1 is 0.340 bits per heavy atom. The topological polar surface area (TPSA) is 138 Å². The van der Waals surface area contributed by atoms with E-state index in [1.54, 1.807) is 0 Å². The maximum absolute atomic E-state index is 10.0. The summed E-state index contributed by atoms with van der Waals surface area (Å²) >= 11 is 0. The van der Waals surface area contributed by atoms with Crippen molar-refractivity contribution in [3.63, 3.8) is 0 Å². The van der Waals surface area contributed by atoms with Crippen LogP contribution in [-0.4, -0.2) is 30.0 Å². The molecule has 0 radical (unpaired) electrons. The summed E-state index contributed by atoms with van der Waals surface area (Å²) in [6, 6.07) is 12.1. The average molecular weight is 759 g/mol. The molecule has 0 saturated heterocycles. The van der Waals surface area contributed by atoms with Crippen LogP contribution in [0, 0.1) is 20.8 Å². The van der Waals surface area contributed by atoms with Gasteiger partial charge in [-0.15, -0.1) is 0 Å². The predicted molar refractivity (Wildman–Crippen MR) is 225 cm³/mol. The highest BCUT2D eigenvalue weighted by Gasteiger charge is 2.26. The van der Waals surface area contributed by atoms with E-state index in [4.69, 9.17) is 19.2 Å². The fourth-order valence-corrected chi connectivity index (χ4v) is 6.30. The van der Waals surface area contributed by atoms with E-state index in [9.17, 15) is 15.3 Å². The average Bonchev–Trinajstić information content (AvgIpc) is 2.83. The maximum Gasteiger partial charge on any atom is 0.466 e. The van der Waals surface area contributed by atoms with E-state index in [1.807, 2.05) is 18.2 Å². The lowest BCUT2D eigenvalue weighted by molar-refractivity contribution is 0.275. The van der Waals surface area contributed by atoms with Crippen LogP contribution in [0.2, 0.25) is 0 Å². The summed E-state index contributed by atoms with van der Waals surface area (Å²) in [4.78, 5) is 21.6. The summed E-state index contributed by atoms with van der Waals surface area (Å²) in [5, 5.41) is 30.1. The van der Waals surface area contributed by atoms with Crippen molar-refractivity contribution in [3.8, 4) is 17.2 Å². The molecule has 0 aliphatic heterocycles. The van der Waals surface area contributed by atoms with Crippen LogP contribution in [0.15, 0.2) is 36.4 Å². The van der Waals surface area contributed by atoms with Crippen LogP contribution in [0.4, 0.5) is 0 Å². The number of hydrogen-bond acceptors (Lipinski definition) is 4. The fraction of sp³-hybridized carbons (Fsp3) is 0.600. The Bertz CT molecular complexity index is 1420. The van der Waals surface area contributed by atoms with Gasteiger partial charge < -0.3 is 30.0 Å². The number of rotatable bonds is 0. The predicted octanol–water partition coefficient (Wildman–Crippen LogP) is 12.0. The monoisotopic (exact) mass is 759 g/mol. The van der Waals surface area contributed by atoms with E-state index in [0.29, 0.717) is 17.2 Å². The number of phosphoric acid groups is 1. The van der Waals surface area contributed by atoms with Crippen LogP contribution < -0.4 is 0 Å². The molecule has 0 amide bonds. The molecule has 7 nitrogen and oxygen atoms in total. The Balaban J connectivity index is 0.000000718. The van der Waals surface area contributed by atoms with Crippen molar-refractivity contribution < 1.29 is 34.6 Å². The third kappa shape index (κ3) is 16.6. The Hall–Kier alpha value is -2.83. The molecule has 0 unspecified atom stereocenters. The first-order chi connectivity index (χ1) is 23.1. The quantitative estimate of drug-likeness (QED) is 0.125. The highest BCUT2D eigenvalue weighted by atomic mass is 31.2. The number of hydrogen-bond donors (Lipinski definition) is 6. The lowest BCUT2D eigenvalue weighted by Crippen LogP contribution is -2.17. The third-order valence-corrected chi connectivity index (χ3v) is 8.88. The van der Waals surface area contributed by atoms with Gasteiger partial charge in [-0.3, -0.25) is 0 Å². The molecule has 0 heterocycles. The van der Waals surface area contributed by atoms with Gasteiger partial charge in [0.05, 0.1) is 0 Å². The Labute approximate surface area is 323 Å². The molecule has 302 valence electrons. The minimum atomic E-state index is -4.64. The highest BCUT2D eigenvalue weighted by Crippen LogP contribution is 2.39. The number of aromatic hydroxyl groups is 3. The van der Waals surface area contributed by atoms with E-state index < -0.39 is 7.82 Å². The second-order valence-electron chi connectivity index (χ2n) is 20.6. The molecule has 0 saturated carbocycles. The molecule has 3 rings (SSSR count). The Kier molecular flexibility index (Phi) is 16.4. The van der Waals surface area contributed by atoms with Crippen LogP contribution in [0.3, 0.4) is 0 Å². The van der Waals surface area contributed by atoms with E-state index in [-0.39, 0.29) is 32.5 Å². The third-order valence-electron chi connectivity index (χ3n) is 8.88. The molecule has 0 aliphatic carbocycles. The first-order valence-corrected chi connectivity index (χ1v) is 20.0. The van der Waals surface area contributed by atoms with Gasteiger partial charge in [-0.25, -0.2) is 4.57 Å². The van der Waals surface area contributed by atoms with E-state index in [1.165, 1.54) is 16.7 Å². The van der Waals surface area contributed by atoms with Crippen molar-refractivity contribution in [2.75, 3.05) is 0 Å². The second-order valence-corrected chi connectivity index (χ2v) is 21.6. The van der Waals surface area contributed by atoms with Gasteiger partial charge in [0.25, 0.3) is 0 Å². The maximum atomic E-state index is 10.0. The molecule has 53 heavy (non-hydrogen) atoms. The Morgan fingerprint density at radius 3 is 0.585 bits per heavy atom. The largest absolute Gasteiger partial charge is 0.508 e. The van der Waals surface area contributed by atoms with Crippen LogP contribution in [0.25, 0.3) is 0 Å². The lowest BCUT2D eigenvalue weighted by Gasteiger charge is -2.27. The summed E-state index contributed by atoms with van der Waals surface area (Å²) in [7, 11) is -4.64. The van der Waals surface area contributed by atoms with Crippen LogP contribution in [0.1, 0.15) is 175 Å². The standard InChI is InChI=1S/3C15H24O.H3O4P/c3*1-10-8-13(16)12(15(5,6)7)9-11(10)14(2,3)4;1-5(2,3)4/h3*8-9,16H,1-7H3;(H3,1,2,3,4). The van der Waals surface area contributed by atoms with Gasteiger partial charge in [0.2, 0.25) is 0 Å². The molecule has 0 bridgehead atoms. The van der Waals surface area contributed by atoms with Gasteiger partial charge in [0.1, 0.15) is 17.2 Å². The molecular weight excluding hydrogens is 683 g/mol. The van der Waals surface area contributed by atoms with E-state index >= 15 is 0 Å². The number of phenolic OH excluding ortho intramolecular Hbond substituents is 3. The molecule has 0 aromatic heterocycles. The molecule has 0 fully saturated rings. The fourth-order valence-electron chi connectivity index (χ4n) is 6.30. The molecule has 0 aliphatic rings. The second kappa shape index (κ2) is 17.3. The van der Waals surface area contributed by atoms with Gasteiger partial charge in [-0.05, 0) is 122 Å². The van der Waals surface area contributed by atoms with Crippen molar-refractivity contribution in [2.45, 2.75) is 178 Å². The summed E-state index contributed by atoms with van der Waals surface area (Å²) in [6.07, 6.45) is 0. The van der Waals surface area contributed by atoms with E-state index in [0.717, 1.165) is 33.4 Å². The minimum absolute atomic E-state index is 0.0161. The van der Waals surface area contributed by atoms with Crippen LogP contribution >= 0.6 is 7.82 Å². The smallest absolute Gasteiger partial charge is 0.466 e. The lowest BCUT2D eigenvalue weighted by atomic mass is 9.78. The van der Waals surface area contributed by atoms with E-state index in [2.05, 4.69) is 164 Å². The van der Waals surface area contributed by atoms with Gasteiger partial charge in [0.15, 0.2) is 0 Å². The summed E-state index contributed by atoms with van der Waals surface area (Å²) < 4.78 is 8.88. The zero-order chi connectivity index (χ0) is 42.7. The Morgan fingerprint density at radius 2 is 0.472 bits per heavy atom. The van der Waals surface area contributed by atoms with Gasteiger partial charge in [0, 0.05) is 0 Å².